The number of hydrogen-bond acceptors (Lipinski definition) is 2. The summed E-state index contributed by atoms with van der Waals surface area (Å²) in [6.45, 7) is 1.11. The van der Waals surface area contributed by atoms with Gasteiger partial charge in [-0.25, -0.2) is 0 Å². The van der Waals surface area contributed by atoms with Crippen LogP contribution in [0.25, 0.3) is 87.6 Å². The Bertz CT molecular complexity index is 4160. The number of rotatable bonds is 16. The van der Waals surface area contributed by atoms with E-state index in [-0.39, 0.29) is 0 Å². The zero-order valence-corrected chi connectivity index (χ0v) is 51.6. The van der Waals surface area contributed by atoms with Crippen LogP contribution in [0.15, 0.2) is 328 Å². The van der Waals surface area contributed by atoms with Crippen molar-refractivity contribution in [1.29, 1.82) is 0 Å². The number of fused-ring (bicyclic) bond motifs is 4. The summed E-state index contributed by atoms with van der Waals surface area (Å²) in [4.78, 5) is 0. The van der Waals surface area contributed by atoms with E-state index < -0.39 is 23.4 Å². The van der Waals surface area contributed by atoms with Crippen LogP contribution in [0.5, 0.6) is 0 Å². The van der Waals surface area contributed by atoms with Gasteiger partial charge in [0.05, 0.1) is 0 Å². The van der Waals surface area contributed by atoms with Crippen LogP contribution in [0, 0.1) is 0 Å². The molecule has 0 saturated carbocycles. The number of para-hydroxylation sites is 2. The monoisotopic (exact) mass is 1260 g/mol. The molecule has 85 heavy (non-hydrogen) atoms. The molecular weight excluding hydrogens is 1200 g/mol. The predicted octanol–water partition coefficient (Wildman–Crippen LogP) is 20.9. The Labute approximate surface area is 508 Å². The van der Waals surface area contributed by atoms with Crippen LogP contribution >= 0.6 is 31.9 Å². The molecule has 0 fully saturated rings. The third-order valence-electron chi connectivity index (χ3n) is 16.0. The van der Waals surface area contributed by atoms with E-state index in [0.717, 1.165) is 54.8 Å². The molecule has 0 heterocycles. The summed E-state index contributed by atoms with van der Waals surface area (Å²) in [6, 6.07) is 119. The molecule has 14 aromatic carbocycles. The first-order valence-corrected chi connectivity index (χ1v) is 41.0. The average molecular weight is 1260 g/mol. The molecule has 0 unspecified atom stereocenters. The van der Waals surface area contributed by atoms with Gasteiger partial charge >= 0.3 is 513 Å². The topological polar surface area (TPSA) is 15.3 Å². The fourth-order valence-electron chi connectivity index (χ4n) is 12.0. The summed E-state index contributed by atoms with van der Waals surface area (Å²) in [5.74, 6) is 0. The van der Waals surface area contributed by atoms with Gasteiger partial charge in [-0.15, -0.1) is 0 Å². The van der Waals surface area contributed by atoms with Crippen LogP contribution in [-0.4, -0.2) is 13.1 Å². The third-order valence-corrected chi connectivity index (χ3v) is 52.7. The van der Waals surface area contributed by atoms with E-state index in [4.69, 9.17) is 0 Å². The molecule has 0 aliphatic rings. The Balaban J connectivity index is 1.03. The second-order valence-electron chi connectivity index (χ2n) is 21.2. The zero-order valence-electron chi connectivity index (χ0n) is 46.5. The van der Waals surface area contributed by atoms with E-state index in [2.05, 4.69) is 337 Å². The molecule has 14 aromatic rings. The summed E-state index contributed by atoms with van der Waals surface area (Å²) >= 11 is 0. The fourth-order valence-corrected chi connectivity index (χ4v) is 54.7. The Hall–Kier alpha value is -8.22. The summed E-state index contributed by atoms with van der Waals surface area (Å²) in [6.07, 6.45) is -3.29. The number of nitrogens with zero attached hydrogens (tertiary/aromatic N) is 1. The minimum absolute atomic E-state index is 0.527. The summed E-state index contributed by atoms with van der Waals surface area (Å²) in [5, 5.41) is 18.0. The number of halogens is 2. The van der Waals surface area contributed by atoms with Crippen LogP contribution in [0.2, 0.25) is 0 Å². The van der Waals surface area contributed by atoms with Crippen LogP contribution in [0.4, 0.5) is 11.4 Å². The molecule has 0 aromatic heterocycles. The van der Waals surface area contributed by atoms with E-state index in [1.165, 1.54) is 65.3 Å². The zero-order chi connectivity index (χ0) is 57.2. The Morgan fingerprint density at radius 3 is 0.871 bits per heavy atom. The van der Waals surface area contributed by atoms with Crippen LogP contribution < -0.4 is 30.2 Å². The minimum atomic E-state index is -5.65. The van der Waals surface area contributed by atoms with Crippen molar-refractivity contribution in [1.82, 2.24) is 0 Å². The Morgan fingerprint density at radius 2 is 0.553 bits per heavy atom. The molecular formula is C78H59Cl2N2P2Ru. The van der Waals surface area contributed by atoms with Crippen LogP contribution in [0.1, 0.15) is 0 Å². The quantitative estimate of drug-likeness (QED) is 0.0766. The first-order valence-electron chi connectivity index (χ1n) is 28.7. The number of anilines is 2. The Kier molecular flexibility index (Phi) is 15.2. The van der Waals surface area contributed by atoms with Gasteiger partial charge in [0.1, 0.15) is 0 Å². The first kappa shape index (κ1) is 54.7. The van der Waals surface area contributed by atoms with Crippen molar-refractivity contribution in [3.8, 4) is 44.5 Å². The normalized spacial score (nSPS) is 12.2. The number of hydrogen-bond donors (Lipinski definition) is 1. The molecule has 1 N–H and O–H groups in total. The molecule has 0 amide bonds. The molecule has 7 heteroatoms. The summed E-state index contributed by atoms with van der Waals surface area (Å²) in [7, 11) is 13.9. The van der Waals surface area contributed by atoms with Gasteiger partial charge in [-0.05, 0) is 0 Å². The van der Waals surface area contributed by atoms with Gasteiger partial charge in [0.25, 0.3) is 0 Å². The SMILES string of the molecule is [Cl][Ru]([Cl])([N](CCNc1ccccc1)c1ccccc1)([P](c1ccc(-c2cccc3ccccc23)cc1)c1ccc(-c2cccc3ccccc23)cc1)[P](c1ccc(-c2cccc3ccccc23)cc1)c1ccc(-c2cccc3ccccc23)cc1. The average Bonchev–Trinajstić information content (AvgIpc) is 0.853. The van der Waals surface area contributed by atoms with E-state index in [9.17, 15) is 19.4 Å². The molecule has 14 rings (SSSR count). The fraction of sp³-hybridized carbons (Fsp3) is 0.0256. The number of nitrogens with one attached hydrogen (secondary N) is 1. The summed E-state index contributed by atoms with van der Waals surface area (Å²) < 4.78 is 2.53. The second-order valence-corrected chi connectivity index (χ2v) is 53.1. The van der Waals surface area contributed by atoms with Crippen LogP contribution in [0.3, 0.4) is 0 Å². The van der Waals surface area contributed by atoms with E-state index >= 15 is 0 Å². The van der Waals surface area contributed by atoms with Crippen molar-refractivity contribution in [2.75, 3.05) is 22.0 Å². The van der Waals surface area contributed by atoms with E-state index in [0.29, 0.717) is 13.1 Å². The van der Waals surface area contributed by atoms with Crippen molar-refractivity contribution in [3.05, 3.63) is 328 Å². The molecule has 0 saturated heterocycles. The van der Waals surface area contributed by atoms with Crippen molar-refractivity contribution in [2.45, 2.75) is 0 Å². The predicted molar refractivity (Wildman–Crippen MR) is 370 cm³/mol. The number of benzene rings is 14. The van der Waals surface area contributed by atoms with Crippen molar-refractivity contribution < 1.29 is 10.9 Å². The van der Waals surface area contributed by atoms with E-state index in [1.807, 2.05) is 0 Å². The molecule has 0 radical (unpaired) electrons. The molecule has 0 bridgehead atoms. The second kappa shape index (κ2) is 23.7. The van der Waals surface area contributed by atoms with Crippen molar-refractivity contribution in [3.63, 3.8) is 0 Å². The molecule has 0 aliphatic heterocycles. The maximum atomic E-state index is 9.79. The third kappa shape index (κ3) is 10.5. The van der Waals surface area contributed by atoms with Gasteiger partial charge in [0, 0.05) is 0 Å². The molecule has 0 aliphatic carbocycles. The van der Waals surface area contributed by atoms with Crippen LogP contribution in [-0.2, 0) is 10.9 Å². The first-order chi connectivity index (χ1) is 41.8. The molecule has 0 atom stereocenters. The van der Waals surface area contributed by atoms with Gasteiger partial charge in [-0.2, -0.15) is 0 Å². The van der Waals surface area contributed by atoms with Gasteiger partial charge < -0.3 is 0 Å². The summed E-state index contributed by atoms with van der Waals surface area (Å²) in [5.41, 5.74) is 11.3. The maximum absolute atomic E-state index is 9.79. The standard InChI is InChI=1S/2C32H22P.C14H15N2.2ClH.Ru/c2*1-3-11-29-23(7-1)9-5-13-31(29)25-15-19-27(20-16-25)33-28-21-17-26(18-22-28)32-14-6-10-24-8-2-4-12-30(24)32;1-3-7-13(8-4-1)15-11-12-16-14-9-5-2-6-10-14;;;/h2*1-22H;1-10,15H,11-12H2;2*1H;/q3*-1;;;+5/p-2. The van der Waals surface area contributed by atoms with Gasteiger partial charge in [0.2, 0.25) is 0 Å². The molecule has 2 nitrogen and oxygen atoms in total. The molecule has 413 valence electrons. The Morgan fingerprint density at radius 1 is 0.282 bits per heavy atom. The van der Waals surface area contributed by atoms with Gasteiger partial charge in [-0.1, -0.05) is 0 Å². The van der Waals surface area contributed by atoms with Gasteiger partial charge in [0.15, 0.2) is 0 Å². The van der Waals surface area contributed by atoms with Crippen molar-refractivity contribution >= 4 is 108 Å². The molecule has 0 spiro atoms. The van der Waals surface area contributed by atoms with E-state index in [1.54, 1.807) is 0 Å². The van der Waals surface area contributed by atoms with Crippen molar-refractivity contribution in [2.24, 2.45) is 0 Å². The van der Waals surface area contributed by atoms with Gasteiger partial charge in [-0.3, -0.25) is 0 Å².